The van der Waals surface area contributed by atoms with E-state index in [9.17, 15) is 4.79 Å². The van der Waals surface area contributed by atoms with Gasteiger partial charge in [0.05, 0.1) is 18.7 Å². The van der Waals surface area contributed by atoms with Crippen LogP contribution in [0.25, 0.3) is 0 Å². The molecule has 0 saturated carbocycles. The average molecular weight is 197 g/mol. The summed E-state index contributed by atoms with van der Waals surface area (Å²) in [6.45, 7) is 3.78. The van der Waals surface area contributed by atoms with Crippen LogP contribution in [0, 0.1) is 0 Å². The van der Waals surface area contributed by atoms with E-state index in [1.807, 2.05) is 26.0 Å². The molecular weight excluding hydrogens is 182 g/mol. The van der Waals surface area contributed by atoms with E-state index in [4.69, 9.17) is 9.52 Å². The van der Waals surface area contributed by atoms with Crippen LogP contribution in [0.2, 0.25) is 0 Å². The molecule has 78 valence electrons. The van der Waals surface area contributed by atoms with Crippen molar-refractivity contribution in [1.29, 1.82) is 0 Å². The Morgan fingerprint density at radius 2 is 2.36 bits per heavy atom. The molecule has 1 aromatic rings. The van der Waals surface area contributed by atoms with E-state index in [0.29, 0.717) is 0 Å². The molecule has 0 saturated heterocycles. The summed E-state index contributed by atoms with van der Waals surface area (Å²) in [5, 5.41) is 11.7. The number of hydrogen-bond donors (Lipinski definition) is 2. The Kier molecular flexibility index (Phi) is 3.71. The third-order valence-electron chi connectivity index (χ3n) is 1.99. The highest BCUT2D eigenvalue weighted by molar-refractivity contribution is 5.67. The summed E-state index contributed by atoms with van der Waals surface area (Å²) in [6, 6.07) is 3.66. The van der Waals surface area contributed by atoms with E-state index in [2.05, 4.69) is 5.32 Å². The molecule has 1 heterocycles. The highest BCUT2D eigenvalue weighted by Gasteiger charge is 2.13. The molecule has 1 rings (SSSR count). The highest BCUT2D eigenvalue weighted by atomic mass is 16.4. The zero-order chi connectivity index (χ0) is 10.6. The second-order valence-corrected chi connectivity index (χ2v) is 3.40. The van der Waals surface area contributed by atoms with Crippen LogP contribution in [0.3, 0.4) is 0 Å². The summed E-state index contributed by atoms with van der Waals surface area (Å²) in [5.41, 5.74) is 0. The van der Waals surface area contributed by atoms with Gasteiger partial charge in [-0.15, -0.1) is 0 Å². The van der Waals surface area contributed by atoms with Crippen LogP contribution in [-0.4, -0.2) is 17.1 Å². The SMILES string of the molecule is CC(CC(=O)O)N[C@H](C)c1ccco1. The smallest absolute Gasteiger partial charge is 0.304 e. The molecule has 0 aromatic carbocycles. The van der Waals surface area contributed by atoms with Crippen molar-refractivity contribution < 1.29 is 14.3 Å². The first-order chi connectivity index (χ1) is 6.59. The summed E-state index contributed by atoms with van der Waals surface area (Å²) < 4.78 is 5.19. The lowest BCUT2D eigenvalue weighted by atomic mass is 10.2. The minimum absolute atomic E-state index is 0.0411. The maximum atomic E-state index is 10.4. The number of furan rings is 1. The third kappa shape index (κ3) is 3.22. The van der Waals surface area contributed by atoms with Crippen LogP contribution < -0.4 is 5.32 Å². The fraction of sp³-hybridized carbons (Fsp3) is 0.500. The van der Waals surface area contributed by atoms with Gasteiger partial charge in [0.15, 0.2) is 0 Å². The maximum absolute atomic E-state index is 10.4. The van der Waals surface area contributed by atoms with Crippen LogP contribution in [0.1, 0.15) is 32.1 Å². The van der Waals surface area contributed by atoms with E-state index in [1.165, 1.54) is 0 Å². The second-order valence-electron chi connectivity index (χ2n) is 3.40. The molecule has 1 unspecified atom stereocenters. The van der Waals surface area contributed by atoms with Gasteiger partial charge >= 0.3 is 5.97 Å². The van der Waals surface area contributed by atoms with Gasteiger partial charge in [-0.2, -0.15) is 0 Å². The van der Waals surface area contributed by atoms with E-state index < -0.39 is 5.97 Å². The first kappa shape index (κ1) is 10.8. The van der Waals surface area contributed by atoms with Crippen LogP contribution in [0.15, 0.2) is 22.8 Å². The molecule has 0 spiro atoms. The Hall–Kier alpha value is -1.29. The summed E-state index contributed by atoms with van der Waals surface area (Å²) >= 11 is 0. The van der Waals surface area contributed by atoms with Crippen molar-refractivity contribution in [1.82, 2.24) is 5.32 Å². The maximum Gasteiger partial charge on any atom is 0.304 e. The minimum atomic E-state index is -0.795. The van der Waals surface area contributed by atoms with Crippen LogP contribution >= 0.6 is 0 Å². The average Bonchev–Trinajstić information content (AvgIpc) is 2.53. The first-order valence-electron chi connectivity index (χ1n) is 4.61. The highest BCUT2D eigenvalue weighted by Crippen LogP contribution is 2.13. The Labute approximate surface area is 82.9 Å². The number of hydrogen-bond acceptors (Lipinski definition) is 3. The zero-order valence-electron chi connectivity index (χ0n) is 8.36. The van der Waals surface area contributed by atoms with Crippen molar-refractivity contribution in [3.63, 3.8) is 0 Å². The van der Waals surface area contributed by atoms with Crippen LogP contribution in [-0.2, 0) is 4.79 Å². The largest absolute Gasteiger partial charge is 0.481 e. The Bertz CT molecular complexity index is 282. The molecule has 0 aliphatic rings. The predicted molar refractivity (Wildman–Crippen MR) is 52.0 cm³/mol. The summed E-state index contributed by atoms with van der Waals surface area (Å²) in [7, 11) is 0. The monoisotopic (exact) mass is 197 g/mol. The number of nitrogens with one attached hydrogen (secondary N) is 1. The quantitative estimate of drug-likeness (QED) is 0.755. The molecule has 0 radical (unpaired) electrons. The molecule has 1 aromatic heterocycles. The number of carbonyl (C=O) groups is 1. The fourth-order valence-corrected chi connectivity index (χ4v) is 1.37. The molecular formula is C10H15NO3. The zero-order valence-corrected chi connectivity index (χ0v) is 8.36. The summed E-state index contributed by atoms with van der Waals surface area (Å²) in [6.07, 6.45) is 1.72. The standard InChI is InChI=1S/C10H15NO3/c1-7(6-10(12)13)11-8(2)9-4-3-5-14-9/h3-5,7-8,11H,6H2,1-2H3,(H,12,13)/t7?,8-/m1/s1. The molecule has 0 aliphatic carbocycles. The summed E-state index contributed by atoms with van der Waals surface area (Å²) in [4.78, 5) is 10.4. The van der Waals surface area contributed by atoms with E-state index >= 15 is 0 Å². The van der Waals surface area contributed by atoms with Gasteiger partial charge in [0.1, 0.15) is 5.76 Å². The fourth-order valence-electron chi connectivity index (χ4n) is 1.37. The van der Waals surface area contributed by atoms with E-state index in [1.54, 1.807) is 6.26 Å². The van der Waals surface area contributed by atoms with Crippen molar-refractivity contribution in [2.75, 3.05) is 0 Å². The van der Waals surface area contributed by atoms with Gasteiger partial charge < -0.3 is 14.8 Å². The molecule has 2 atom stereocenters. The summed E-state index contributed by atoms with van der Waals surface area (Å²) in [5.74, 6) is 0.0267. The molecule has 0 bridgehead atoms. The number of rotatable bonds is 5. The van der Waals surface area contributed by atoms with E-state index in [0.717, 1.165) is 5.76 Å². The van der Waals surface area contributed by atoms with Gasteiger partial charge in [0, 0.05) is 6.04 Å². The van der Waals surface area contributed by atoms with Gasteiger partial charge in [-0.25, -0.2) is 0 Å². The third-order valence-corrected chi connectivity index (χ3v) is 1.99. The molecule has 4 nitrogen and oxygen atoms in total. The Morgan fingerprint density at radius 3 is 2.86 bits per heavy atom. The van der Waals surface area contributed by atoms with Gasteiger partial charge in [-0.1, -0.05) is 0 Å². The van der Waals surface area contributed by atoms with Crippen molar-refractivity contribution in [2.24, 2.45) is 0 Å². The molecule has 14 heavy (non-hydrogen) atoms. The minimum Gasteiger partial charge on any atom is -0.481 e. The molecule has 0 amide bonds. The molecule has 0 aliphatic heterocycles. The van der Waals surface area contributed by atoms with Crippen LogP contribution in [0.4, 0.5) is 0 Å². The molecule has 2 N–H and O–H groups in total. The second kappa shape index (κ2) is 4.81. The first-order valence-corrected chi connectivity index (χ1v) is 4.61. The number of carboxylic acid groups (broad SMARTS) is 1. The van der Waals surface area contributed by atoms with Crippen molar-refractivity contribution in [2.45, 2.75) is 32.4 Å². The Balaban J connectivity index is 2.41. The predicted octanol–water partition coefficient (Wildman–Crippen LogP) is 1.79. The van der Waals surface area contributed by atoms with Crippen molar-refractivity contribution in [3.05, 3.63) is 24.2 Å². The lowest BCUT2D eigenvalue weighted by Gasteiger charge is -2.16. The Morgan fingerprint density at radius 1 is 1.64 bits per heavy atom. The van der Waals surface area contributed by atoms with Gasteiger partial charge in [0.25, 0.3) is 0 Å². The lowest BCUT2D eigenvalue weighted by molar-refractivity contribution is -0.137. The van der Waals surface area contributed by atoms with Crippen LogP contribution in [0.5, 0.6) is 0 Å². The number of aliphatic carboxylic acids is 1. The molecule has 4 heteroatoms. The van der Waals surface area contributed by atoms with Gasteiger partial charge in [-0.3, -0.25) is 4.79 Å². The molecule has 0 fully saturated rings. The lowest BCUT2D eigenvalue weighted by Crippen LogP contribution is -2.30. The van der Waals surface area contributed by atoms with Crippen molar-refractivity contribution >= 4 is 5.97 Å². The van der Waals surface area contributed by atoms with E-state index in [-0.39, 0.29) is 18.5 Å². The van der Waals surface area contributed by atoms with Gasteiger partial charge in [0.2, 0.25) is 0 Å². The van der Waals surface area contributed by atoms with Crippen molar-refractivity contribution in [3.8, 4) is 0 Å². The van der Waals surface area contributed by atoms with Gasteiger partial charge in [-0.05, 0) is 26.0 Å². The topological polar surface area (TPSA) is 62.5 Å². The normalized spacial score (nSPS) is 15.0. The number of carboxylic acids is 1.